The van der Waals surface area contributed by atoms with E-state index in [1.165, 1.54) is 0 Å². The predicted molar refractivity (Wildman–Crippen MR) is 57.2 cm³/mol. The first-order valence-corrected chi connectivity index (χ1v) is 5.61. The number of likely N-dealkylation sites (tertiary alicyclic amines) is 1. The lowest BCUT2D eigenvalue weighted by molar-refractivity contribution is 0.0208. The molecule has 1 heterocycles. The molecule has 1 unspecified atom stereocenters. The van der Waals surface area contributed by atoms with Crippen LogP contribution in [0.15, 0.2) is 0 Å². The van der Waals surface area contributed by atoms with E-state index in [1.54, 1.807) is 0 Å². The fourth-order valence-corrected chi connectivity index (χ4v) is 2.14. The lowest BCUT2D eigenvalue weighted by Gasteiger charge is -2.40. The Hall–Kier alpha value is -0.120. The Bertz CT molecular complexity index is 175. The van der Waals surface area contributed by atoms with Gasteiger partial charge in [-0.05, 0) is 25.8 Å². The quantitative estimate of drug-likeness (QED) is 0.709. The Kier molecular flexibility index (Phi) is 4.35. The first-order valence-electron chi connectivity index (χ1n) is 5.61. The van der Waals surface area contributed by atoms with Crippen LogP contribution < -0.4 is 0 Å². The Morgan fingerprint density at radius 3 is 2.79 bits per heavy atom. The van der Waals surface area contributed by atoms with Crippen LogP contribution >= 0.6 is 0 Å². The summed E-state index contributed by atoms with van der Waals surface area (Å²) in [7, 11) is 0. The number of aliphatic hydroxyl groups is 2. The van der Waals surface area contributed by atoms with E-state index in [0.29, 0.717) is 0 Å². The highest BCUT2D eigenvalue weighted by Crippen LogP contribution is 2.28. The van der Waals surface area contributed by atoms with Gasteiger partial charge in [-0.1, -0.05) is 13.8 Å². The molecule has 0 amide bonds. The van der Waals surface area contributed by atoms with Crippen molar-refractivity contribution in [1.29, 1.82) is 0 Å². The first-order chi connectivity index (χ1) is 6.59. The summed E-state index contributed by atoms with van der Waals surface area (Å²) in [4.78, 5) is 2.27. The lowest BCUT2D eigenvalue weighted by atomic mass is 9.82. The van der Waals surface area contributed by atoms with Crippen molar-refractivity contribution in [3.05, 3.63) is 0 Å². The molecule has 1 aliphatic rings. The normalized spacial score (nSPS) is 31.7. The molecule has 1 fully saturated rings. The standard InChI is InChI=1S/C11H23NO2/c1-3-10(14)7-12-6-4-5-11(2,8-12)9-13/h10,13-14H,3-9H2,1-2H3/t10-,11?/m1/s1. The van der Waals surface area contributed by atoms with Gasteiger partial charge in [0, 0.05) is 25.1 Å². The van der Waals surface area contributed by atoms with Crippen molar-refractivity contribution in [2.45, 2.75) is 39.2 Å². The maximum Gasteiger partial charge on any atom is 0.0664 e. The molecule has 1 saturated heterocycles. The Balaban J connectivity index is 2.40. The van der Waals surface area contributed by atoms with Gasteiger partial charge < -0.3 is 15.1 Å². The number of aliphatic hydroxyl groups excluding tert-OH is 2. The largest absolute Gasteiger partial charge is 0.396 e. The van der Waals surface area contributed by atoms with Gasteiger partial charge >= 0.3 is 0 Å². The van der Waals surface area contributed by atoms with Crippen LogP contribution in [0, 0.1) is 5.41 Å². The van der Waals surface area contributed by atoms with E-state index in [-0.39, 0.29) is 18.1 Å². The zero-order chi connectivity index (χ0) is 10.6. The molecule has 0 aliphatic carbocycles. The zero-order valence-corrected chi connectivity index (χ0v) is 9.37. The minimum Gasteiger partial charge on any atom is -0.396 e. The second kappa shape index (κ2) is 5.10. The summed E-state index contributed by atoms with van der Waals surface area (Å²) < 4.78 is 0. The second-order valence-electron chi connectivity index (χ2n) is 4.87. The van der Waals surface area contributed by atoms with Crippen LogP contribution in [0.1, 0.15) is 33.1 Å². The molecule has 3 heteroatoms. The number of hydrogen-bond donors (Lipinski definition) is 2. The SMILES string of the molecule is CC[C@@H](O)CN1CCCC(C)(CO)C1. The van der Waals surface area contributed by atoms with Gasteiger partial charge in [0.25, 0.3) is 0 Å². The van der Waals surface area contributed by atoms with Gasteiger partial charge in [0.05, 0.1) is 6.10 Å². The molecule has 84 valence electrons. The highest BCUT2D eigenvalue weighted by Gasteiger charge is 2.30. The molecule has 2 N–H and O–H groups in total. The summed E-state index contributed by atoms with van der Waals surface area (Å²) in [5.41, 5.74) is 0.0473. The Morgan fingerprint density at radius 1 is 1.50 bits per heavy atom. The van der Waals surface area contributed by atoms with E-state index in [9.17, 15) is 10.2 Å². The molecule has 14 heavy (non-hydrogen) atoms. The predicted octanol–water partition coefficient (Wildman–Crippen LogP) is 0.852. The van der Waals surface area contributed by atoms with Crippen molar-refractivity contribution < 1.29 is 10.2 Å². The van der Waals surface area contributed by atoms with E-state index in [2.05, 4.69) is 11.8 Å². The van der Waals surface area contributed by atoms with E-state index in [4.69, 9.17) is 0 Å². The van der Waals surface area contributed by atoms with Crippen molar-refractivity contribution in [2.75, 3.05) is 26.2 Å². The Morgan fingerprint density at radius 2 is 2.21 bits per heavy atom. The topological polar surface area (TPSA) is 43.7 Å². The van der Waals surface area contributed by atoms with Crippen LogP contribution in [0.3, 0.4) is 0 Å². The summed E-state index contributed by atoms with van der Waals surface area (Å²) in [5.74, 6) is 0. The first kappa shape index (κ1) is 12.0. The highest BCUT2D eigenvalue weighted by atomic mass is 16.3. The summed E-state index contributed by atoms with van der Waals surface area (Å²) >= 11 is 0. The third-order valence-electron chi connectivity index (χ3n) is 3.18. The zero-order valence-electron chi connectivity index (χ0n) is 9.37. The fourth-order valence-electron chi connectivity index (χ4n) is 2.14. The number of piperidine rings is 1. The number of nitrogens with zero attached hydrogens (tertiary/aromatic N) is 1. The maximum absolute atomic E-state index is 9.55. The summed E-state index contributed by atoms with van der Waals surface area (Å²) in [6.07, 6.45) is 2.83. The number of rotatable bonds is 4. The number of β-amino-alcohol motifs (C(OH)–C–C–N with tert-alkyl or cyclic N) is 1. The van der Waals surface area contributed by atoms with Crippen molar-refractivity contribution in [1.82, 2.24) is 4.90 Å². The molecule has 0 aromatic carbocycles. The van der Waals surface area contributed by atoms with E-state index in [1.807, 2.05) is 6.92 Å². The minimum atomic E-state index is -0.212. The molecule has 3 nitrogen and oxygen atoms in total. The van der Waals surface area contributed by atoms with Gasteiger partial charge in [-0.15, -0.1) is 0 Å². The monoisotopic (exact) mass is 201 g/mol. The summed E-state index contributed by atoms with van der Waals surface area (Å²) in [5, 5.41) is 18.8. The number of hydrogen-bond acceptors (Lipinski definition) is 3. The molecular weight excluding hydrogens is 178 g/mol. The van der Waals surface area contributed by atoms with Crippen LogP contribution in [0.5, 0.6) is 0 Å². The van der Waals surface area contributed by atoms with E-state index >= 15 is 0 Å². The minimum absolute atomic E-state index is 0.0473. The molecular formula is C11H23NO2. The van der Waals surface area contributed by atoms with Crippen molar-refractivity contribution in [2.24, 2.45) is 5.41 Å². The molecule has 0 aromatic rings. The molecule has 2 atom stereocenters. The van der Waals surface area contributed by atoms with Crippen LogP contribution in [-0.2, 0) is 0 Å². The summed E-state index contributed by atoms with van der Waals surface area (Å²) in [6.45, 7) is 7.11. The molecule has 1 rings (SSSR count). The van der Waals surface area contributed by atoms with Crippen LogP contribution in [0.25, 0.3) is 0 Å². The third-order valence-corrected chi connectivity index (χ3v) is 3.18. The second-order valence-corrected chi connectivity index (χ2v) is 4.87. The molecule has 1 aliphatic heterocycles. The van der Waals surface area contributed by atoms with E-state index < -0.39 is 0 Å². The van der Waals surface area contributed by atoms with Gasteiger partial charge in [0.15, 0.2) is 0 Å². The average molecular weight is 201 g/mol. The molecule has 0 saturated carbocycles. The third kappa shape index (κ3) is 3.23. The smallest absolute Gasteiger partial charge is 0.0664 e. The van der Waals surface area contributed by atoms with Crippen LogP contribution in [-0.4, -0.2) is 47.5 Å². The van der Waals surface area contributed by atoms with Gasteiger partial charge in [-0.3, -0.25) is 0 Å². The fraction of sp³-hybridized carbons (Fsp3) is 1.00. The van der Waals surface area contributed by atoms with Gasteiger partial charge in [0.2, 0.25) is 0 Å². The van der Waals surface area contributed by atoms with E-state index in [0.717, 1.165) is 38.9 Å². The highest BCUT2D eigenvalue weighted by molar-refractivity contribution is 4.83. The van der Waals surface area contributed by atoms with Crippen LogP contribution in [0.2, 0.25) is 0 Å². The van der Waals surface area contributed by atoms with Crippen molar-refractivity contribution in [3.8, 4) is 0 Å². The van der Waals surface area contributed by atoms with Crippen molar-refractivity contribution >= 4 is 0 Å². The lowest BCUT2D eigenvalue weighted by Crippen LogP contribution is -2.46. The van der Waals surface area contributed by atoms with Gasteiger partial charge in [0.1, 0.15) is 0 Å². The molecule has 0 radical (unpaired) electrons. The van der Waals surface area contributed by atoms with Crippen molar-refractivity contribution in [3.63, 3.8) is 0 Å². The molecule has 0 spiro atoms. The maximum atomic E-state index is 9.55. The molecule has 0 bridgehead atoms. The Labute approximate surface area is 86.7 Å². The molecule has 0 aromatic heterocycles. The van der Waals surface area contributed by atoms with Crippen LogP contribution in [0.4, 0.5) is 0 Å². The summed E-state index contributed by atoms with van der Waals surface area (Å²) in [6, 6.07) is 0. The van der Waals surface area contributed by atoms with Gasteiger partial charge in [-0.25, -0.2) is 0 Å². The average Bonchev–Trinajstić information content (AvgIpc) is 2.18. The van der Waals surface area contributed by atoms with Gasteiger partial charge in [-0.2, -0.15) is 0 Å².